The lowest BCUT2D eigenvalue weighted by Gasteiger charge is -2.11. The molecule has 0 spiro atoms. The van der Waals surface area contributed by atoms with E-state index in [1.807, 2.05) is 43.3 Å². The third-order valence-electron chi connectivity index (χ3n) is 5.66. The molecular weight excluding hydrogens is 524 g/mol. The van der Waals surface area contributed by atoms with Gasteiger partial charge in [-0.15, -0.1) is 11.3 Å². The van der Waals surface area contributed by atoms with E-state index < -0.39 is 6.09 Å². The van der Waals surface area contributed by atoms with Gasteiger partial charge in [0.1, 0.15) is 24.8 Å². The number of halogens is 1. The second-order valence-corrected chi connectivity index (χ2v) is 9.91. The van der Waals surface area contributed by atoms with Crippen molar-refractivity contribution in [2.45, 2.75) is 32.1 Å². The van der Waals surface area contributed by atoms with Crippen molar-refractivity contribution in [1.82, 2.24) is 25.6 Å². The fraction of sp³-hybridized carbons (Fsp3) is 0.259. The van der Waals surface area contributed by atoms with Crippen molar-refractivity contribution in [3.8, 4) is 17.6 Å². The van der Waals surface area contributed by atoms with Gasteiger partial charge in [0.15, 0.2) is 5.82 Å². The molecule has 1 saturated heterocycles. The molecule has 0 radical (unpaired) electrons. The number of fused-ring (bicyclic) bond motifs is 1. The minimum absolute atomic E-state index is 0.0520. The molecule has 3 aromatic heterocycles. The van der Waals surface area contributed by atoms with E-state index in [0.29, 0.717) is 42.7 Å². The number of thiophene rings is 1. The lowest BCUT2D eigenvalue weighted by Crippen LogP contribution is -2.29. The van der Waals surface area contributed by atoms with E-state index in [-0.39, 0.29) is 12.1 Å². The van der Waals surface area contributed by atoms with Crippen LogP contribution >= 0.6 is 22.9 Å². The molecule has 11 heteroatoms. The van der Waals surface area contributed by atoms with Crippen LogP contribution in [0.3, 0.4) is 0 Å². The Bertz CT molecular complexity index is 1490. The number of amides is 1. The molecule has 1 aromatic carbocycles. The van der Waals surface area contributed by atoms with E-state index in [9.17, 15) is 4.79 Å². The summed E-state index contributed by atoms with van der Waals surface area (Å²) in [5, 5.41) is 9.74. The van der Waals surface area contributed by atoms with Crippen LogP contribution in [0.2, 0.25) is 5.02 Å². The van der Waals surface area contributed by atoms with Crippen LogP contribution < -0.4 is 20.7 Å². The highest BCUT2D eigenvalue weighted by Gasteiger charge is 2.25. The summed E-state index contributed by atoms with van der Waals surface area (Å²) in [7, 11) is 0. The topological polar surface area (TPSA) is 110 Å². The van der Waals surface area contributed by atoms with E-state index >= 15 is 0 Å². The molecule has 9 nitrogen and oxygen atoms in total. The van der Waals surface area contributed by atoms with Crippen LogP contribution in [-0.2, 0) is 11.3 Å². The number of nitrogens with one attached hydrogen (secondary N) is 3. The van der Waals surface area contributed by atoms with Gasteiger partial charge in [-0.25, -0.2) is 14.8 Å². The first-order chi connectivity index (χ1) is 18.6. The summed E-state index contributed by atoms with van der Waals surface area (Å²) in [6, 6.07) is 13.1. The van der Waals surface area contributed by atoms with Gasteiger partial charge >= 0.3 is 6.09 Å². The largest absolute Gasteiger partial charge is 0.486 e. The maximum Gasteiger partial charge on any atom is 0.407 e. The molecule has 0 aliphatic carbocycles. The van der Waals surface area contributed by atoms with Crippen molar-refractivity contribution in [3.05, 3.63) is 70.6 Å². The predicted molar refractivity (Wildman–Crippen MR) is 148 cm³/mol. The number of carbonyl (C=O) groups is 1. The van der Waals surface area contributed by atoms with Gasteiger partial charge in [-0.2, -0.15) is 0 Å². The predicted octanol–water partition coefficient (Wildman–Crippen LogP) is 4.89. The average molecular weight is 549 g/mol. The highest BCUT2D eigenvalue weighted by atomic mass is 35.5. The van der Waals surface area contributed by atoms with Gasteiger partial charge in [0.2, 0.25) is 0 Å². The number of carbonyl (C=O) groups excluding carboxylic acids is 1. The number of pyridine rings is 1. The van der Waals surface area contributed by atoms with E-state index in [1.165, 1.54) is 17.7 Å². The molecule has 1 aliphatic heterocycles. The molecule has 2 atom stereocenters. The number of hydrogen-bond donors (Lipinski definition) is 3. The maximum absolute atomic E-state index is 11.6. The first kappa shape index (κ1) is 25.7. The van der Waals surface area contributed by atoms with Crippen LogP contribution in [0.15, 0.2) is 55.0 Å². The van der Waals surface area contributed by atoms with Gasteiger partial charge in [0, 0.05) is 31.4 Å². The highest BCUT2D eigenvalue weighted by molar-refractivity contribution is 7.20. The molecular formula is C27H25ClN6O3S. The number of nitrogens with zero attached hydrogens (tertiary/aromatic N) is 3. The quantitative estimate of drug-likeness (QED) is 0.280. The van der Waals surface area contributed by atoms with Crippen molar-refractivity contribution in [3.63, 3.8) is 0 Å². The summed E-state index contributed by atoms with van der Waals surface area (Å²) >= 11 is 7.98. The first-order valence-electron chi connectivity index (χ1n) is 12.1. The van der Waals surface area contributed by atoms with E-state index in [0.717, 1.165) is 26.5 Å². The highest BCUT2D eigenvalue weighted by Crippen LogP contribution is 2.33. The van der Waals surface area contributed by atoms with Gasteiger partial charge in [0.05, 0.1) is 31.9 Å². The summed E-state index contributed by atoms with van der Waals surface area (Å²) in [6.45, 7) is 3.30. The van der Waals surface area contributed by atoms with Crippen LogP contribution in [0.5, 0.6) is 5.75 Å². The van der Waals surface area contributed by atoms with Crippen molar-refractivity contribution < 1.29 is 14.3 Å². The fourth-order valence-corrected chi connectivity index (χ4v) is 5.02. The van der Waals surface area contributed by atoms with Gasteiger partial charge in [-0.05, 0) is 43.3 Å². The Kier molecular flexibility index (Phi) is 8.19. The molecule has 1 aliphatic rings. The molecule has 2 unspecified atom stereocenters. The first-order valence-corrected chi connectivity index (χ1v) is 13.3. The summed E-state index contributed by atoms with van der Waals surface area (Å²) in [4.78, 5) is 25.6. The van der Waals surface area contributed by atoms with Crippen LogP contribution in [0.1, 0.15) is 23.9 Å². The SMILES string of the molecule is CCNC(=O)OC1CNC(C#Cc2cc3ncnc(Nc4ccc(OCc5ccccn5)c(Cl)c4)c3s2)C1. The Balaban J connectivity index is 1.24. The molecule has 5 rings (SSSR count). The third-order valence-corrected chi connectivity index (χ3v) is 7.00. The number of rotatable bonds is 7. The normalized spacial score (nSPS) is 16.5. The van der Waals surface area contributed by atoms with Crippen LogP contribution in [0, 0.1) is 11.8 Å². The van der Waals surface area contributed by atoms with Crippen molar-refractivity contribution in [2.75, 3.05) is 18.4 Å². The Morgan fingerprint density at radius 1 is 1.24 bits per heavy atom. The summed E-state index contributed by atoms with van der Waals surface area (Å²) < 4.78 is 12.1. The molecule has 0 bridgehead atoms. The lowest BCUT2D eigenvalue weighted by molar-refractivity contribution is 0.107. The number of anilines is 2. The van der Waals surface area contributed by atoms with E-state index in [4.69, 9.17) is 21.1 Å². The second kappa shape index (κ2) is 12.1. The maximum atomic E-state index is 11.6. The third kappa shape index (κ3) is 6.50. The van der Waals surface area contributed by atoms with Crippen LogP contribution in [0.4, 0.5) is 16.3 Å². The number of benzene rings is 1. The minimum atomic E-state index is -0.399. The van der Waals surface area contributed by atoms with Gasteiger partial charge in [-0.1, -0.05) is 29.5 Å². The number of alkyl carbamates (subject to hydrolysis) is 1. The molecule has 38 heavy (non-hydrogen) atoms. The zero-order chi connectivity index (χ0) is 26.3. The zero-order valence-corrected chi connectivity index (χ0v) is 22.1. The average Bonchev–Trinajstić information content (AvgIpc) is 3.55. The van der Waals surface area contributed by atoms with E-state index in [1.54, 1.807) is 12.3 Å². The van der Waals surface area contributed by atoms with Crippen molar-refractivity contribution in [1.29, 1.82) is 0 Å². The molecule has 0 saturated carbocycles. The summed E-state index contributed by atoms with van der Waals surface area (Å²) in [5.41, 5.74) is 2.39. The molecule has 4 aromatic rings. The Hall–Kier alpha value is -3.91. The van der Waals surface area contributed by atoms with Gasteiger partial charge in [-0.3, -0.25) is 10.3 Å². The standard InChI is InChI=1S/C27H25ClN6O3S/c1-2-29-27(35)37-20-11-17(31-14-20)6-8-21-13-23-25(38-21)26(33-16-32-23)34-18-7-9-24(22(28)12-18)36-15-19-5-3-4-10-30-19/h3-5,7,9-10,12-13,16-17,20,31H,2,11,14-15H2,1H3,(H,29,35)(H,32,33,34). The smallest absolute Gasteiger partial charge is 0.407 e. The minimum Gasteiger partial charge on any atom is -0.486 e. The molecule has 1 amide bonds. The monoisotopic (exact) mass is 548 g/mol. The molecule has 1 fully saturated rings. The molecule has 3 N–H and O–H groups in total. The summed E-state index contributed by atoms with van der Waals surface area (Å²) in [6.07, 6.45) is 3.29. The Labute approximate surface area is 229 Å². The van der Waals surface area contributed by atoms with Crippen LogP contribution in [-0.4, -0.2) is 46.3 Å². The van der Waals surface area contributed by atoms with Crippen LogP contribution in [0.25, 0.3) is 10.2 Å². The zero-order valence-electron chi connectivity index (χ0n) is 20.5. The van der Waals surface area contributed by atoms with E-state index in [2.05, 4.69) is 42.7 Å². The van der Waals surface area contributed by atoms with Crippen molar-refractivity contribution >= 4 is 50.8 Å². The Morgan fingerprint density at radius 3 is 2.97 bits per heavy atom. The van der Waals surface area contributed by atoms with Gasteiger partial charge in [0.25, 0.3) is 0 Å². The number of hydrogen-bond acceptors (Lipinski definition) is 9. The van der Waals surface area contributed by atoms with Crippen molar-refractivity contribution in [2.24, 2.45) is 0 Å². The number of aromatic nitrogens is 3. The fourth-order valence-electron chi connectivity index (χ4n) is 3.87. The van der Waals surface area contributed by atoms with Gasteiger partial charge < -0.3 is 20.1 Å². The number of ether oxygens (including phenoxy) is 2. The molecule has 194 valence electrons. The summed E-state index contributed by atoms with van der Waals surface area (Å²) in [5.74, 6) is 7.70. The lowest BCUT2D eigenvalue weighted by atomic mass is 10.2. The second-order valence-electron chi connectivity index (χ2n) is 8.45. The Morgan fingerprint density at radius 2 is 2.16 bits per heavy atom. The molecule has 4 heterocycles.